The number of nitrogens with zero attached hydrogens (tertiary/aromatic N) is 4. The first-order chi connectivity index (χ1) is 9.45. The molecule has 0 saturated carbocycles. The zero-order valence-electron chi connectivity index (χ0n) is 12.4. The number of nitrogens with two attached hydrogens (primary N) is 1. The molecule has 0 aromatic carbocycles. The Morgan fingerprint density at radius 3 is 2.45 bits per heavy atom. The van der Waals surface area contributed by atoms with Gasteiger partial charge in [0.05, 0.1) is 5.54 Å². The first kappa shape index (κ1) is 14.6. The number of piperazine rings is 1. The van der Waals surface area contributed by atoms with E-state index in [2.05, 4.69) is 32.1 Å². The summed E-state index contributed by atoms with van der Waals surface area (Å²) in [6.45, 7) is 9.48. The third-order valence-corrected chi connectivity index (χ3v) is 4.02. The van der Waals surface area contributed by atoms with Crippen LogP contribution in [0.15, 0.2) is 23.5 Å². The van der Waals surface area contributed by atoms with Crippen molar-refractivity contribution < 1.29 is 5.21 Å². The number of rotatable bonds is 3. The summed E-state index contributed by atoms with van der Waals surface area (Å²) >= 11 is 0. The fourth-order valence-electron chi connectivity index (χ4n) is 2.43. The maximum absolute atomic E-state index is 8.87. The maximum Gasteiger partial charge on any atom is 0.159 e. The fourth-order valence-corrected chi connectivity index (χ4v) is 2.43. The van der Waals surface area contributed by atoms with Crippen molar-refractivity contribution >= 4 is 11.7 Å². The zero-order valence-corrected chi connectivity index (χ0v) is 12.4. The first-order valence-corrected chi connectivity index (χ1v) is 6.86. The molecule has 0 radical (unpaired) electrons. The van der Waals surface area contributed by atoms with Crippen LogP contribution in [0.25, 0.3) is 0 Å². The summed E-state index contributed by atoms with van der Waals surface area (Å²) in [5.41, 5.74) is 6.51. The van der Waals surface area contributed by atoms with Gasteiger partial charge in [-0.1, -0.05) is 11.2 Å². The molecule has 1 aromatic heterocycles. The maximum atomic E-state index is 8.87. The van der Waals surface area contributed by atoms with E-state index in [4.69, 9.17) is 10.9 Å². The van der Waals surface area contributed by atoms with E-state index < -0.39 is 5.54 Å². The van der Waals surface area contributed by atoms with Crippen LogP contribution in [0, 0.1) is 6.92 Å². The molecule has 6 nitrogen and oxygen atoms in total. The molecule has 3 N–H and O–H groups in total. The van der Waals surface area contributed by atoms with Gasteiger partial charge in [0.25, 0.3) is 0 Å². The number of aryl methyl sites for hydroxylation is 1. The van der Waals surface area contributed by atoms with Crippen LogP contribution in [0.1, 0.15) is 19.4 Å². The van der Waals surface area contributed by atoms with Crippen LogP contribution in [0.2, 0.25) is 0 Å². The smallest absolute Gasteiger partial charge is 0.159 e. The largest absolute Gasteiger partial charge is 0.409 e. The number of pyridine rings is 1. The van der Waals surface area contributed by atoms with Crippen LogP contribution in [0.5, 0.6) is 0 Å². The van der Waals surface area contributed by atoms with Gasteiger partial charge in [0.15, 0.2) is 5.84 Å². The Balaban J connectivity index is 2.00. The highest BCUT2D eigenvalue weighted by Gasteiger charge is 2.33. The Morgan fingerprint density at radius 1 is 1.30 bits per heavy atom. The minimum atomic E-state index is -0.429. The summed E-state index contributed by atoms with van der Waals surface area (Å²) in [6, 6.07) is 4.13. The predicted molar refractivity (Wildman–Crippen MR) is 80.2 cm³/mol. The van der Waals surface area contributed by atoms with Crippen molar-refractivity contribution in [3.63, 3.8) is 0 Å². The van der Waals surface area contributed by atoms with Gasteiger partial charge in [-0.25, -0.2) is 4.98 Å². The van der Waals surface area contributed by atoms with Crippen molar-refractivity contribution in [2.45, 2.75) is 26.3 Å². The lowest BCUT2D eigenvalue weighted by Crippen LogP contribution is -2.59. The van der Waals surface area contributed by atoms with Crippen molar-refractivity contribution in [3.8, 4) is 0 Å². The molecule has 2 rings (SSSR count). The Morgan fingerprint density at radius 2 is 1.95 bits per heavy atom. The highest BCUT2D eigenvalue weighted by Crippen LogP contribution is 2.20. The molecule has 1 aromatic rings. The minimum absolute atomic E-state index is 0.249. The lowest BCUT2D eigenvalue weighted by atomic mass is 10.0. The van der Waals surface area contributed by atoms with Gasteiger partial charge in [-0.05, 0) is 32.4 Å². The van der Waals surface area contributed by atoms with Crippen molar-refractivity contribution in [1.82, 2.24) is 9.88 Å². The summed E-state index contributed by atoms with van der Waals surface area (Å²) in [5, 5.41) is 12.0. The van der Waals surface area contributed by atoms with Gasteiger partial charge in [-0.2, -0.15) is 0 Å². The third-order valence-electron chi connectivity index (χ3n) is 4.02. The molecule has 0 amide bonds. The molecule has 1 fully saturated rings. The van der Waals surface area contributed by atoms with Crippen LogP contribution in [-0.2, 0) is 0 Å². The molecule has 0 aliphatic carbocycles. The van der Waals surface area contributed by atoms with E-state index in [1.165, 1.54) is 5.56 Å². The Kier molecular flexibility index (Phi) is 4.13. The van der Waals surface area contributed by atoms with Crippen LogP contribution < -0.4 is 10.6 Å². The fraction of sp³-hybridized carbons (Fsp3) is 0.571. The van der Waals surface area contributed by atoms with Crippen molar-refractivity contribution in [1.29, 1.82) is 0 Å². The standard InChI is InChI=1S/C14H23N5O/c1-11-4-5-12(16-10-11)18-6-8-19(9-7-18)14(2,3)13(15)17-20/h4-5,10,20H,6-9H2,1-3H3,(H2,15,17). The SMILES string of the molecule is Cc1ccc(N2CCN(C(C)(C)C(N)=NO)CC2)nc1. The average Bonchev–Trinajstić information content (AvgIpc) is 2.47. The Bertz CT molecular complexity index is 475. The second-order valence-electron chi connectivity index (χ2n) is 5.71. The van der Waals surface area contributed by atoms with E-state index in [-0.39, 0.29) is 5.84 Å². The predicted octanol–water partition coefficient (Wildman–Crippen LogP) is 1.04. The first-order valence-electron chi connectivity index (χ1n) is 6.86. The van der Waals surface area contributed by atoms with Gasteiger partial charge in [0, 0.05) is 32.4 Å². The van der Waals surface area contributed by atoms with Gasteiger partial charge >= 0.3 is 0 Å². The Labute approximate surface area is 119 Å². The van der Waals surface area contributed by atoms with Crippen LogP contribution in [0.3, 0.4) is 0 Å². The molecular weight excluding hydrogens is 254 g/mol. The van der Waals surface area contributed by atoms with E-state index in [1.807, 2.05) is 27.0 Å². The quantitative estimate of drug-likeness (QED) is 0.373. The molecule has 6 heteroatoms. The molecule has 2 heterocycles. The summed E-state index contributed by atoms with van der Waals surface area (Å²) in [6.07, 6.45) is 1.89. The molecule has 0 unspecified atom stereocenters. The number of anilines is 1. The molecule has 0 bridgehead atoms. The molecular formula is C14H23N5O. The third kappa shape index (κ3) is 2.85. The van der Waals surface area contributed by atoms with Crippen molar-refractivity contribution in [2.24, 2.45) is 10.9 Å². The average molecular weight is 277 g/mol. The van der Waals surface area contributed by atoms with Crippen molar-refractivity contribution in [2.75, 3.05) is 31.1 Å². The van der Waals surface area contributed by atoms with Gasteiger partial charge in [-0.3, -0.25) is 4.90 Å². The Hall–Kier alpha value is -1.82. The summed E-state index contributed by atoms with van der Waals surface area (Å²) in [4.78, 5) is 8.95. The second kappa shape index (κ2) is 5.66. The number of oxime groups is 1. The van der Waals surface area contributed by atoms with Crippen LogP contribution in [-0.4, -0.2) is 52.6 Å². The van der Waals surface area contributed by atoms with Crippen LogP contribution >= 0.6 is 0 Å². The normalized spacial score (nSPS) is 18.4. The van der Waals surface area contributed by atoms with E-state index in [1.54, 1.807) is 0 Å². The number of amidine groups is 1. The zero-order chi connectivity index (χ0) is 14.8. The minimum Gasteiger partial charge on any atom is -0.409 e. The second-order valence-corrected chi connectivity index (χ2v) is 5.71. The lowest BCUT2D eigenvalue weighted by molar-refractivity contribution is 0.161. The van der Waals surface area contributed by atoms with Gasteiger partial charge in [0.2, 0.25) is 0 Å². The number of aromatic nitrogens is 1. The molecule has 0 atom stereocenters. The molecule has 0 spiro atoms. The van der Waals surface area contributed by atoms with E-state index in [0.29, 0.717) is 0 Å². The summed E-state index contributed by atoms with van der Waals surface area (Å²) < 4.78 is 0. The molecule has 1 aliphatic heterocycles. The van der Waals surface area contributed by atoms with Crippen molar-refractivity contribution in [3.05, 3.63) is 23.9 Å². The topological polar surface area (TPSA) is 78.0 Å². The number of hydrogen-bond acceptors (Lipinski definition) is 5. The summed E-state index contributed by atoms with van der Waals surface area (Å²) in [5.74, 6) is 1.26. The van der Waals surface area contributed by atoms with Gasteiger partial charge in [-0.15, -0.1) is 0 Å². The van der Waals surface area contributed by atoms with E-state index >= 15 is 0 Å². The summed E-state index contributed by atoms with van der Waals surface area (Å²) in [7, 11) is 0. The highest BCUT2D eigenvalue weighted by atomic mass is 16.4. The molecule has 20 heavy (non-hydrogen) atoms. The van der Waals surface area contributed by atoms with Gasteiger partial charge < -0.3 is 15.8 Å². The molecule has 110 valence electrons. The highest BCUT2D eigenvalue weighted by molar-refractivity contribution is 5.88. The molecule has 1 saturated heterocycles. The number of hydrogen-bond donors (Lipinski definition) is 2. The van der Waals surface area contributed by atoms with E-state index in [0.717, 1.165) is 32.0 Å². The molecule has 1 aliphatic rings. The monoisotopic (exact) mass is 277 g/mol. The van der Waals surface area contributed by atoms with Crippen LogP contribution in [0.4, 0.5) is 5.82 Å². The lowest BCUT2D eigenvalue weighted by Gasteiger charge is -2.43. The van der Waals surface area contributed by atoms with Gasteiger partial charge in [0.1, 0.15) is 5.82 Å². The van der Waals surface area contributed by atoms with E-state index in [9.17, 15) is 0 Å².